The van der Waals surface area contributed by atoms with Crippen LogP contribution in [0.15, 0.2) is 30.3 Å². The van der Waals surface area contributed by atoms with Gasteiger partial charge in [0.15, 0.2) is 0 Å². The molecule has 172 valence electrons. The van der Waals surface area contributed by atoms with Crippen LogP contribution < -0.4 is 21.7 Å². The number of carbonyl (C=O) groups is 4. The lowest BCUT2D eigenvalue weighted by atomic mass is 10.0. The minimum absolute atomic E-state index is 0.0916. The van der Waals surface area contributed by atoms with Gasteiger partial charge in [-0.05, 0) is 23.8 Å². The highest BCUT2D eigenvalue weighted by molar-refractivity contribution is 5.92. The second kappa shape index (κ2) is 12.7. The van der Waals surface area contributed by atoms with Crippen LogP contribution in [0, 0.1) is 11.8 Å². The van der Waals surface area contributed by atoms with Crippen LogP contribution in [0.1, 0.15) is 39.7 Å². The zero-order chi connectivity index (χ0) is 23.6. The van der Waals surface area contributed by atoms with Crippen molar-refractivity contribution in [3.63, 3.8) is 0 Å². The van der Waals surface area contributed by atoms with E-state index in [-0.39, 0.29) is 18.3 Å². The van der Waals surface area contributed by atoms with Crippen molar-refractivity contribution in [3.8, 4) is 0 Å². The number of nitrogens with two attached hydrogens (primary N) is 1. The number of hydrogen-bond donors (Lipinski definition) is 5. The maximum Gasteiger partial charge on any atom is 0.326 e. The molecule has 1 aromatic carbocycles. The quantitative estimate of drug-likeness (QED) is 0.322. The van der Waals surface area contributed by atoms with Gasteiger partial charge in [0.05, 0.1) is 12.6 Å². The van der Waals surface area contributed by atoms with Crippen LogP contribution in [-0.2, 0) is 25.6 Å². The summed E-state index contributed by atoms with van der Waals surface area (Å²) in [6.07, 6.45) is 0.491. The van der Waals surface area contributed by atoms with Crippen molar-refractivity contribution in [2.75, 3.05) is 6.54 Å². The van der Waals surface area contributed by atoms with Crippen LogP contribution >= 0.6 is 0 Å². The first-order valence-electron chi connectivity index (χ1n) is 10.4. The Morgan fingerprint density at radius 2 is 1.55 bits per heavy atom. The van der Waals surface area contributed by atoms with Gasteiger partial charge in [0.25, 0.3) is 0 Å². The summed E-state index contributed by atoms with van der Waals surface area (Å²) in [5.74, 6) is -2.74. The van der Waals surface area contributed by atoms with E-state index in [1.165, 1.54) is 0 Å². The van der Waals surface area contributed by atoms with Crippen molar-refractivity contribution in [1.29, 1.82) is 0 Å². The van der Waals surface area contributed by atoms with Crippen LogP contribution in [0.25, 0.3) is 0 Å². The molecule has 31 heavy (non-hydrogen) atoms. The number of carboxylic acid groups (broad SMARTS) is 1. The van der Waals surface area contributed by atoms with Gasteiger partial charge in [-0.15, -0.1) is 0 Å². The van der Waals surface area contributed by atoms with E-state index in [0.717, 1.165) is 5.56 Å². The van der Waals surface area contributed by atoms with E-state index in [9.17, 15) is 24.3 Å². The highest BCUT2D eigenvalue weighted by Crippen LogP contribution is 2.07. The lowest BCUT2D eigenvalue weighted by molar-refractivity contribution is -0.141. The van der Waals surface area contributed by atoms with Crippen LogP contribution in [0.5, 0.6) is 0 Å². The fraction of sp³-hybridized carbons (Fsp3) is 0.545. The van der Waals surface area contributed by atoms with Crippen LogP contribution in [0.3, 0.4) is 0 Å². The number of carboxylic acids is 1. The first-order chi connectivity index (χ1) is 14.5. The molecule has 1 rings (SSSR count). The molecule has 0 saturated heterocycles. The Bertz CT molecular complexity index is 752. The Kier molecular flexibility index (Phi) is 10.7. The van der Waals surface area contributed by atoms with Gasteiger partial charge in [0, 0.05) is 6.42 Å². The van der Waals surface area contributed by atoms with Crippen molar-refractivity contribution in [3.05, 3.63) is 35.9 Å². The summed E-state index contributed by atoms with van der Waals surface area (Å²) in [7, 11) is 0. The van der Waals surface area contributed by atoms with Crippen LogP contribution in [0.4, 0.5) is 0 Å². The third-order valence-corrected chi connectivity index (χ3v) is 4.70. The molecule has 0 heterocycles. The second-order valence-corrected chi connectivity index (χ2v) is 8.33. The summed E-state index contributed by atoms with van der Waals surface area (Å²) in [6.45, 7) is 7.02. The average molecular weight is 435 g/mol. The molecule has 0 aromatic heterocycles. The van der Waals surface area contributed by atoms with Crippen molar-refractivity contribution < 1.29 is 24.3 Å². The number of aliphatic carboxylic acids is 1. The molecule has 0 spiro atoms. The maximum atomic E-state index is 12.6. The maximum absolute atomic E-state index is 12.6. The zero-order valence-electron chi connectivity index (χ0n) is 18.6. The summed E-state index contributed by atoms with van der Waals surface area (Å²) < 4.78 is 0. The number of nitrogens with one attached hydrogen (secondary N) is 3. The standard InChI is InChI=1S/C22H34N4O5/c1-13(2)10-16(26-21(29)19(23)14(3)4)20(28)24-12-18(27)25-17(22(30)31)11-15-8-6-5-7-9-15/h5-9,13-14,16-17,19H,10-12,23H2,1-4H3,(H,24,28)(H,25,27)(H,26,29)(H,30,31). The smallest absolute Gasteiger partial charge is 0.326 e. The number of benzene rings is 1. The van der Waals surface area contributed by atoms with Gasteiger partial charge < -0.3 is 26.8 Å². The SMILES string of the molecule is CC(C)CC(NC(=O)C(N)C(C)C)C(=O)NCC(=O)NC(Cc1ccccc1)C(=O)O. The fourth-order valence-corrected chi connectivity index (χ4v) is 2.86. The summed E-state index contributed by atoms with van der Waals surface area (Å²) in [6, 6.07) is 6.20. The van der Waals surface area contributed by atoms with Gasteiger partial charge in [-0.1, -0.05) is 58.0 Å². The van der Waals surface area contributed by atoms with Crippen LogP contribution in [0.2, 0.25) is 0 Å². The highest BCUT2D eigenvalue weighted by Gasteiger charge is 2.27. The van der Waals surface area contributed by atoms with Gasteiger partial charge >= 0.3 is 5.97 Å². The van der Waals surface area contributed by atoms with Crippen molar-refractivity contribution in [2.45, 2.75) is 58.7 Å². The molecule has 6 N–H and O–H groups in total. The van der Waals surface area contributed by atoms with E-state index in [0.29, 0.717) is 6.42 Å². The molecule has 9 heteroatoms. The third-order valence-electron chi connectivity index (χ3n) is 4.70. The largest absolute Gasteiger partial charge is 0.480 e. The van der Waals surface area contributed by atoms with Crippen molar-refractivity contribution in [1.82, 2.24) is 16.0 Å². The molecule has 3 atom stereocenters. The molecule has 0 saturated carbocycles. The summed E-state index contributed by atoms with van der Waals surface area (Å²) in [5, 5.41) is 16.9. The van der Waals surface area contributed by atoms with E-state index in [4.69, 9.17) is 5.73 Å². The van der Waals surface area contributed by atoms with Gasteiger partial charge in [-0.2, -0.15) is 0 Å². The third kappa shape index (κ3) is 9.61. The minimum atomic E-state index is -1.17. The molecular formula is C22H34N4O5. The predicted molar refractivity (Wildman–Crippen MR) is 117 cm³/mol. The molecule has 1 aromatic rings. The van der Waals surface area contributed by atoms with Crippen molar-refractivity contribution >= 4 is 23.7 Å². The lowest BCUT2D eigenvalue weighted by Crippen LogP contribution is -2.54. The average Bonchev–Trinajstić information content (AvgIpc) is 2.70. The molecule has 0 aliphatic rings. The van der Waals surface area contributed by atoms with E-state index in [1.54, 1.807) is 38.1 Å². The summed E-state index contributed by atoms with van der Waals surface area (Å²) in [5.41, 5.74) is 6.61. The molecule has 0 bridgehead atoms. The molecule has 0 fully saturated rings. The molecular weight excluding hydrogens is 400 g/mol. The molecule has 0 aliphatic heterocycles. The fourth-order valence-electron chi connectivity index (χ4n) is 2.86. The lowest BCUT2D eigenvalue weighted by Gasteiger charge is -2.23. The monoisotopic (exact) mass is 434 g/mol. The minimum Gasteiger partial charge on any atom is -0.480 e. The molecule has 0 radical (unpaired) electrons. The Labute approximate surface area is 183 Å². The van der Waals surface area contributed by atoms with Gasteiger partial charge in [0.2, 0.25) is 17.7 Å². The number of rotatable bonds is 12. The first-order valence-corrected chi connectivity index (χ1v) is 10.4. The van der Waals surface area contributed by atoms with Gasteiger partial charge in [-0.3, -0.25) is 14.4 Å². The molecule has 9 nitrogen and oxygen atoms in total. The molecule has 3 unspecified atom stereocenters. The van der Waals surface area contributed by atoms with E-state index in [2.05, 4.69) is 16.0 Å². The van der Waals surface area contributed by atoms with E-state index >= 15 is 0 Å². The number of carbonyl (C=O) groups excluding carboxylic acids is 3. The second-order valence-electron chi connectivity index (χ2n) is 8.33. The van der Waals surface area contributed by atoms with Gasteiger partial charge in [0.1, 0.15) is 12.1 Å². The summed E-state index contributed by atoms with van der Waals surface area (Å²) >= 11 is 0. The topological polar surface area (TPSA) is 151 Å². The van der Waals surface area contributed by atoms with E-state index in [1.807, 2.05) is 19.9 Å². The summed E-state index contributed by atoms with van der Waals surface area (Å²) in [4.78, 5) is 48.5. The Balaban J connectivity index is 2.66. The number of hydrogen-bond acceptors (Lipinski definition) is 5. The Hall–Kier alpha value is -2.94. The van der Waals surface area contributed by atoms with E-state index < -0.39 is 48.4 Å². The first kappa shape index (κ1) is 26.1. The highest BCUT2D eigenvalue weighted by atomic mass is 16.4. The molecule has 0 aliphatic carbocycles. The Morgan fingerprint density at radius 3 is 2.06 bits per heavy atom. The zero-order valence-corrected chi connectivity index (χ0v) is 18.6. The number of amides is 3. The normalized spacial score (nSPS) is 13.9. The van der Waals surface area contributed by atoms with Crippen LogP contribution in [-0.4, -0.2) is 53.5 Å². The Morgan fingerprint density at radius 1 is 0.935 bits per heavy atom. The molecule has 3 amide bonds. The van der Waals surface area contributed by atoms with Crippen molar-refractivity contribution in [2.24, 2.45) is 17.6 Å². The predicted octanol–water partition coefficient (Wildman–Crippen LogP) is 0.429. The van der Waals surface area contributed by atoms with Gasteiger partial charge in [-0.25, -0.2) is 4.79 Å².